The number of carbonyl (C=O) groups excluding carboxylic acids is 1. The van der Waals surface area contributed by atoms with Gasteiger partial charge in [0, 0.05) is 38.1 Å². The fourth-order valence-electron chi connectivity index (χ4n) is 3.65. The Morgan fingerprint density at radius 2 is 2.00 bits per heavy atom. The van der Waals surface area contributed by atoms with Crippen LogP contribution in [0.25, 0.3) is 11.4 Å². The van der Waals surface area contributed by atoms with Crippen LogP contribution in [0, 0.1) is 11.3 Å². The summed E-state index contributed by atoms with van der Waals surface area (Å²) in [6.45, 7) is 0.784. The monoisotopic (exact) mass is 435 g/mol. The smallest absolute Gasteiger partial charge is 0.241 e. The van der Waals surface area contributed by atoms with E-state index in [9.17, 15) is 13.2 Å². The zero-order chi connectivity index (χ0) is 22.0. The Morgan fingerprint density at radius 3 is 2.68 bits per heavy atom. The van der Waals surface area contributed by atoms with Crippen molar-refractivity contribution in [2.45, 2.75) is 23.9 Å². The SMILES string of the molecule is Cn1ccnc1-c1ccc(S(=O)(=O)N[C@H]2CCN(Cc3cccc(C#N)c3)C2=O)cc1. The zero-order valence-corrected chi connectivity index (χ0v) is 17.7. The van der Waals surface area contributed by atoms with Gasteiger partial charge in [0.05, 0.1) is 16.5 Å². The van der Waals surface area contributed by atoms with E-state index in [2.05, 4.69) is 15.8 Å². The van der Waals surface area contributed by atoms with Crippen molar-refractivity contribution in [3.63, 3.8) is 0 Å². The van der Waals surface area contributed by atoms with Gasteiger partial charge in [0.15, 0.2) is 0 Å². The second-order valence-corrected chi connectivity index (χ2v) is 9.13. The number of hydrogen-bond donors (Lipinski definition) is 1. The van der Waals surface area contributed by atoms with Crippen LogP contribution in [0.15, 0.2) is 65.8 Å². The Labute approximate surface area is 180 Å². The quantitative estimate of drug-likeness (QED) is 0.637. The lowest BCUT2D eigenvalue weighted by Crippen LogP contribution is -2.41. The molecule has 2 heterocycles. The van der Waals surface area contributed by atoms with Gasteiger partial charge in [-0.2, -0.15) is 9.98 Å². The summed E-state index contributed by atoms with van der Waals surface area (Å²) in [7, 11) is -1.98. The highest BCUT2D eigenvalue weighted by Crippen LogP contribution is 2.21. The van der Waals surface area contributed by atoms with E-state index in [1.54, 1.807) is 41.4 Å². The molecule has 4 rings (SSSR count). The molecule has 0 spiro atoms. The average Bonchev–Trinajstić information content (AvgIpc) is 3.34. The Morgan fingerprint density at radius 1 is 1.23 bits per heavy atom. The minimum absolute atomic E-state index is 0.0958. The molecule has 3 aromatic rings. The number of sulfonamides is 1. The van der Waals surface area contributed by atoms with Gasteiger partial charge in [-0.1, -0.05) is 12.1 Å². The maximum Gasteiger partial charge on any atom is 0.241 e. The van der Waals surface area contributed by atoms with Gasteiger partial charge in [-0.05, 0) is 48.4 Å². The fourth-order valence-corrected chi connectivity index (χ4v) is 4.87. The summed E-state index contributed by atoms with van der Waals surface area (Å²) in [4.78, 5) is 18.7. The van der Waals surface area contributed by atoms with Crippen LogP contribution < -0.4 is 4.72 Å². The summed E-state index contributed by atoms with van der Waals surface area (Å²) >= 11 is 0. The van der Waals surface area contributed by atoms with Crippen molar-refractivity contribution >= 4 is 15.9 Å². The highest BCUT2D eigenvalue weighted by molar-refractivity contribution is 7.89. The van der Waals surface area contributed by atoms with E-state index in [4.69, 9.17) is 5.26 Å². The summed E-state index contributed by atoms with van der Waals surface area (Å²) in [5, 5.41) is 9.03. The van der Waals surface area contributed by atoms with Crippen molar-refractivity contribution in [3.8, 4) is 17.5 Å². The average molecular weight is 436 g/mol. The molecule has 0 unspecified atom stereocenters. The summed E-state index contributed by atoms with van der Waals surface area (Å²) in [5.74, 6) is 0.467. The van der Waals surface area contributed by atoms with Gasteiger partial charge in [-0.25, -0.2) is 13.4 Å². The molecule has 1 fully saturated rings. The molecule has 1 amide bonds. The predicted molar refractivity (Wildman–Crippen MR) is 114 cm³/mol. The van der Waals surface area contributed by atoms with Crippen molar-refractivity contribution < 1.29 is 13.2 Å². The van der Waals surface area contributed by atoms with Crippen LogP contribution in [0.3, 0.4) is 0 Å². The van der Waals surface area contributed by atoms with E-state index >= 15 is 0 Å². The first-order valence-corrected chi connectivity index (χ1v) is 11.2. The Hall–Kier alpha value is -3.48. The van der Waals surface area contributed by atoms with Crippen molar-refractivity contribution in [3.05, 3.63) is 72.1 Å². The molecule has 1 N–H and O–H groups in total. The maximum atomic E-state index is 12.8. The molecule has 2 aromatic carbocycles. The van der Waals surface area contributed by atoms with Crippen LogP contribution in [0.5, 0.6) is 0 Å². The van der Waals surface area contributed by atoms with Crippen molar-refractivity contribution in [1.29, 1.82) is 5.26 Å². The number of amides is 1. The van der Waals surface area contributed by atoms with E-state index in [-0.39, 0.29) is 10.8 Å². The molecule has 0 aliphatic carbocycles. The molecule has 0 radical (unpaired) electrons. The third-order valence-corrected chi connectivity index (χ3v) is 6.76. The number of nitriles is 1. The first-order chi connectivity index (χ1) is 14.9. The lowest BCUT2D eigenvalue weighted by molar-refractivity contribution is -0.129. The molecule has 1 aliphatic rings. The molecule has 8 nitrogen and oxygen atoms in total. The Bertz CT molecular complexity index is 1260. The first-order valence-electron chi connectivity index (χ1n) is 9.75. The van der Waals surface area contributed by atoms with Gasteiger partial charge in [0.1, 0.15) is 11.9 Å². The second kappa shape index (κ2) is 8.34. The van der Waals surface area contributed by atoms with Gasteiger partial charge in [-0.3, -0.25) is 4.79 Å². The molecule has 1 aliphatic heterocycles. The van der Waals surface area contributed by atoms with Crippen LogP contribution in [-0.2, 0) is 28.4 Å². The number of nitrogens with zero attached hydrogens (tertiary/aromatic N) is 4. The van der Waals surface area contributed by atoms with Crippen molar-refractivity contribution in [1.82, 2.24) is 19.2 Å². The maximum absolute atomic E-state index is 12.8. The molecule has 1 aromatic heterocycles. The zero-order valence-electron chi connectivity index (χ0n) is 16.9. The Balaban J connectivity index is 1.44. The molecular weight excluding hydrogens is 414 g/mol. The normalized spacial score (nSPS) is 16.5. The highest BCUT2D eigenvalue weighted by atomic mass is 32.2. The molecule has 0 bridgehead atoms. The van der Waals surface area contributed by atoms with Crippen LogP contribution in [0.2, 0.25) is 0 Å². The minimum Gasteiger partial charge on any atom is -0.337 e. The van der Waals surface area contributed by atoms with Gasteiger partial charge < -0.3 is 9.47 Å². The van der Waals surface area contributed by atoms with Gasteiger partial charge >= 0.3 is 0 Å². The van der Waals surface area contributed by atoms with E-state index in [0.717, 1.165) is 17.0 Å². The van der Waals surface area contributed by atoms with E-state index in [0.29, 0.717) is 25.1 Å². The number of carbonyl (C=O) groups is 1. The highest BCUT2D eigenvalue weighted by Gasteiger charge is 2.34. The summed E-state index contributed by atoms with van der Waals surface area (Å²) in [6.07, 6.45) is 3.88. The number of benzene rings is 2. The largest absolute Gasteiger partial charge is 0.337 e. The topological polar surface area (TPSA) is 108 Å². The second-order valence-electron chi connectivity index (χ2n) is 7.42. The van der Waals surface area contributed by atoms with E-state index in [1.807, 2.05) is 23.9 Å². The summed E-state index contributed by atoms with van der Waals surface area (Å²) < 4.78 is 30.0. The number of aromatic nitrogens is 2. The van der Waals surface area contributed by atoms with E-state index < -0.39 is 16.1 Å². The summed E-state index contributed by atoms with van der Waals surface area (Å²) in [5.41, 5.74) is 2.16. The number of imidazole rings is 1. The molecule has 0 saturated carbocycles. The number of hydrogen-bond acceptors (Lipinski definition) is 5. The molecule has 1 saturated heterocycles. The predicted octanol–water partition coefficient (Wildman–Crippen LogP) is 2.04. The fraction of sp³-hybridized carbons (Fsp3) is 0.227. The number of likely N-dealkylation sites (tertiary alicyclic amines) is 1. The van der Waals surface area contributed by atoms with Gasteiger partial charge in [0.25, 0.3) is 0 Å². The lowest BCUT2D eigenvalue weighted by atomic mass is 10.1. The van der Waals surface area contributed by atoms with Crippen LogP contribution in [-0.4, -0.2) is 41.4 Å². The molecule has 31 heavy (non-hydrogen) atoms. The third-order valence-electron chi connectivity index (χ3n) is 5.27. The molecule has 158 valence electrons. The van der Waals surface area contributed by atoms with Crippen molar-refractivity contribution in [2.75, 3.05) is 6.54 Å². The third kappa shape index (κ3) is 4.35. The standard InChI is InChI=1S/C22H21N5O3S/c1-26-12-10-24-21(26)18-5-7-19(8-6-18)31(29,30)25-20-9-11-27(22(20)28)15-17-4-2-3-16(13-17)14-23/h2-8,10,12-13,20,25H,9,11,15H2,1H3/t20-/m0/s1. The van der Waals surface area contributed by atoms with Gasteiger partial charge in [-0.15, -0.1) is 0 Å². The van der Waals surface area contributed by atoms with Gasteiger partial charge in [0.2, 0.25) is 15.9 Å². The minimum atomic E-state index is -3.85. The number of aryl methyl sites for hydroxylation is 1. The van der Waals surface area contributed by atoms with Crippen LogP contribution >= 0.6 is 0 Å². The lowest BCUT2D eigenvalue weighted by Gasteiger charge is -2.17. The molecular formula is C22H21N5O3S. The first kappa shape index (κ1) is 20.8. The molecule has 1 atom stereocenters. The van der Waals surface area contributed by atoms with Crippen LogP contribution in [0.4, 0.5) is 0 Å². The van der Waals surface area contributed by atoms with Crippen molar-refractivity contribution in [2.24, 2.45) is 7.05 Å². The van der Waals surface area contributed by atoms with Crippen LogP contribution in [0.1, 0.15) is 17.5 Å². The Kier molecular flexibility index (Phi) is 5.59. The number of rotatable bonds is 6. The van der Waals surface area contributed by atoms with E-state index in [1.165, 1.54) is 12.1 Å². The summed E-state index contributed by atoms with van der Waals surface area (Å²) in [6, 6.07) is 14.7. The molecule has 9 heteroatoms. The number of nitrogens with one attached hydrogen (secondary N) is 1.